The first kappa shape index (κ1) is 13.4. The van der Waals surface area contributed by atoms with Gasteiger partial charge in [-0.25, -0.2) is 4.79 Å². The molecule has 0 saturated carbocycles. The fourth-order valence-corrected chi connectivity index (χ4v) is 2.84. The van der Waals surface area contributed by atoms with Gasteiger partial charge in [0.2, 0.25) is 0 Å². The second kappa shape index (κ2) is 4.73. The summed E-state index contributed by atoms with van der Waals surface area (Å²) in [6.07, 6.45) is 1.98. The molecule has 1 amide bonds. The molecular weight excluding hydrogens is 270 g/mol. The molecule has 0 fully saturated rings. The van der Waals surface area contributed by atoms with Crippen LogP contribution < -0.4 is 4.90 Å². The minimum absolute atomic E-state index is 0.00792. The number of nitrogens with zero attached hydrogens (tertiary/aromatic N) is 3. The number of carboxylic acids is 1. The van der Waals surface area contributed by atoms with E-state index in [0.29, 0.717) is 0 Å². The molecule has 1 atom stereocenters. The number of fused-ring (bicyclic) bond motifs is 1. The monoisotopic (exact) mass is 285 g/mol. The Morgan fingerprint density at radius 2 is 2.05 bits per heavy atom. The molecule has 1 N–H and O–H groups in total. The van der Waals surface area contributed by atoms with Crippen molar-refractivity contribution in [3.63, 3.8) is 0 Å². The molecule has 3 rings (SSSR count). The second-order valence-electron chi connectivity index (χ2n) is 5.19. The highest BCUT2D eigenvalue weighted by molar-refractivity contribution is 6.11. The Morgan fingerprint density at radius 3 is 2.76 bits per heavy atom. The Bertz CT molecular complexity index is 736. The fraction of sp³-hybridized carbons (Fsp3) is 0.267. The van der Waals surface area contributed by atoms with Crippen molar-refractivity contribution in [1.82, 2.24) is 9.78 Å². The lowest BCUT2D eigenvalue weighted by atomic mass is 10.1. The summed E-state index contributed by atoms with van der Waals surface area (Å²) in [5.74, 6) is -1.48. The standard InChI is InChI=1S/C15H15N3O3/c1-9-7-10-5-3-4-6-12(10)18(9)14(19)13-11(15(20)21)8-16-17(13)2/h3-6,8-9H,7H2,1-2H3,(H,20,21)/t9-/m0/s1. The Hall–Kier alpha value is -2.63. The minimum Gasteiger partial charge on any atom is -0.478 e. The summed E-state index contributed by atoms with van der Waals surface area (Å²) < 4.78 is 1.32. The van der Waals surface area contributed by atoms with Gasteiger partial charge in [0, 0.05) is 18.8 Å². The molecule has 1 aliphatic heterocycles. The van der Waals surface area contributed by atoms with Crippen molar-refractivity contribution in [3.8, 4) is 0 Å². The van der Waals surface area contributed by atoms with Crippen LogP contribution in [-0.4, -0.2) is 32.8 Å². The minimum atomic E-state index is -1.15. The van der Waals surface area contributed by atoms with Crippen molar-refractivity contribution in [2.75, 3.05) is 4.90 Å². The first-order chi connectivity index (χ1) is 10.0. The topological polar surface area (TPSA) is 75.4 Å². The van der Waals surface area contributed by atoms with Crippen molar-refractivity contribution < 1.29 is 14.7 Å². The number of aryl methyl sites for hydroxylation is 1. The number of amides is 1. The summed E-state index contributed by atoms with van der Waals surface area (Å²) in [5.41, 5.74) is 1.97. The van der Waals surface area contributed by atoms with Crippen LogP contribution in [0, 0.1) is 0 Å². The number of para-hydroxylation sites is 1. The van der Waals surface area contributed by atoms with E-state index in [0.717, 1.165) is 17.7 Å². The molecule has 0 unspecified atom stereocenters. The number of benzene rings is 1. The van der Waals surface area contributed by atoms with Crippen molar-refractivity contribution in [2.24, 2.45) is 7.05 Å². The first-order valence-corrected chi connectivity index (χ1v) is 6.67. The lowest BCUT2D eigenvalue weighted by molar-refractivity contribution is 0.0691. The molecule has 2 heterocycles. The summed E-state index contributed by atoms with van der Waals surface area (Å²) in [5, 5.41) is 13.1. The van der Waals surface area contributed by atoms with Gasteiger partial charge in [-0.15, -0.1) is 0 Å². The Labute approximate surface area is 121 Å². The molecule has 0 spiro atoms. The fourth-order valence-electron chi connectivity index (χ4n) is 2.84. The van der Waals surface area contributed by atoms with Gasteiger partial charge in [0.15, 0.2) is 0 Å². The van der Waals surface area contributed by atoms with Crippen LogP contribution in [0.1, 0.15) is 33.3 Å². The molecule has 6 heteroatoms. The van der Waals surface area contributed by atoms with E-state index in [1.54, 1.807) is 11.9 Å². The number of aromatic nitrogens is 2. The lowest BCUT2D eigenvalue weighted by Crippen LogP contribution is -2.37. The molecule has 1 aromatic carbocycles. The van der Waals surface area contributed by atoms with E-state index < -0.39 is 5.97 Å². The van der Waals surface area contributed by atoms with E-state index >= 15 is 0 Å². The maximum absolute atomic E-state index is 12.8. The van der Waals surface area contributed by atoms with Crippen LogP contribution in [0.3, 0.4) is 0 Å². The molecule has 108 valence electrons. The van der Waals surface area contributed by atoms with Gasteiger partial charge in [-0.1, -0.05) is 18.2 Å². The molecule has 0 aliphatic carbocycles. The zero-order valence-corrected chi connectivity index (χ0v) is 11.8. The highest BCUT2D eigenvalue weighted by Crippen LogP contribution is 2.33. The summed E-state index contributed by atoms with van der Waals surface area (Å²) >= 11 is 0. The van der Waals surface area contributed by atoms with E-state index in [9.17, 15) is 14.7 Å². The molecule has 0 radical (unpaired) electrons. The summed E-state index contributed by atoms with van der Waals surface area (Å²) in [7, 11) is 1.58. The molecule has 1 aliphatic rings. The van der Waals surface area contributed by atoms with Crippen LogP contribution >= 0.6 is 0 Å². The van der Waals surface area contributed by atoms with Crippen molar-refractivity contribution >= 4 is 17.6 Å². The zero-order chi connectivity index (χ0) is 15.1. The number of aromatic carboxylic acids is 1. The number of rotatable bonds is 2. The third-order valence-corrected chi connectivity index (χ3v) is 3.80. The van der Waals surface area contributed by atoms with E-state index in [2.05, 4.69) is 5.10 Å². The number of anilines is 1. The summed E-state index contributed by atoms with van der Waals surface area (Å²) in [6.45, 7) is 1.95. The average Bonchev–Trinajstić information content (AvgIpc) is 2.97. The molecule has 6 nitrogen and oxygen atoms in total. The molecule has 1 aromatic heterocycles. The molecular formula is C15H15N3O3. The van der Waals surface area contributed by atoms with E-state index in [4.69, 9.17) is 0 Å². The Morgan fingerprint density at radius 1 is 1.33 bits per heavy atom. The van der Waals surface area contributed by atoms with Gasteiger partial charge in [-0.2, -0.15) is 5.10 Å². The molecule has 2 aromatic rings. The summed E-state index contributed by atoms with van der Waals surface area (Å²) in [4.78, 5) is 25.7. The van der Waals surface area contributed by atoms with Gasteiger partial charge in [0.25, 0.3) is 5.91 Å². The van der Waals surface area contributed by atoms with Crippen LogP contribution in [-0.2, 0) is 13.5 Å². The maximum Gasteiger partial charge on any atom is 0.339 e. The van der Waals surface area contributed by atoms with E-state index in [-0.39, 0.29) is 23.2 Å². The average molecular weight is 285 g/mol. The predicted molar refractivity (Wildman–Crippen MR) is 76.6 cm³/mol. The summed E-state index contributed by atoms with van der Waals surface area (Å²) in [6, 6.07) is 7.67. The van der Waals surface area contributed by atoms with Gasteiger partial charge >= 0.3 is 5.97 Å². The number of hydrogen-bond acceptors (Lipinski definition) is 3. The maximum atomic E-state index is 12.8. The highest BCUT2D eigenvalue weighted by atomic mass is 16.4. The predicted octanol–water partition coefficient (Wildman–Crippen LogP) is 1.71. The van der Waals surface area contributed by atoms with Crippen LogP contribution in [0.25, 0.3) is 0 Å². The van der Waals surface area contributed by atoms with Gasteiger partial charge in [0.05, 0.1) is 6.20 Å². The molecule has 0 bridgehead atoms. The Kier molecular flexibility index (Phi) is 3.01. The largest absolute Gasteiger partial charge is 0.478 e. The van der Waals surface area contributed by atoms with Crippen LogP contribution in [0.4, 0.5) is 5.69 Å². The molecule has 0 saturated heterocycles. The quantitative estimate of drug-likeness (QED) is 0.911. The van der Waals surface area contributed by atoms with Crippen molar-refractivity contribution in [2.45, 2.75) is 19.4 Å². The van der Waals surface area contributed by atoms with Crippen LogP contribution in [0.15, 0.2) is 30.5 Å². The van der Waals surface area contributed by atoms with Gasteiger partial charge in [-0.05, 0) is 25.0 Å². The van der Waals surface area contributed by atoms with Crippen molar-refractivity contribution in [1.29, 1.82) is 0 Å². The lowest BCUT2D eigenvalue weighted by Gasteiger charge is -2.23. The number of carbonyl (C=O) groups excluding carboxylic acids is 1. The normalized spacial score (nSPS) is 16.9. The number of hydrogen-bond donors (Lipinski definition) is 1. The number of carboxylic acid groups (broad SMARTS) is 1. The Balaban J connectivity index is 2.08. The van der Waals surface area contributed by atoms with E-state index in [1.807, 2.05) is 31.2 Å². The smallest absolute Gasteiger partial charge is 0.339 e. The van der Waals surface area contributed by atoms with Crippen LogP contribution in [0.2, 0.25) is 0 Å². The highest BCUT2D eigenvalue weighted by Gasteiger charge is 2.34. The zero-order valence-electron chi connectivity index (χ0n) is 11.8. The van der Waals surface area contributed by atoms with Crippen LogP contribution in [0.5, 0.6) is 0 Å². The van der Waals surface area contributed by atoms with Gasteiger partial charge < -0.3 is 10.0 Å². The first-order valence-electron chi connectivity index (χ1n) is 6.67. The third-order valence-electron chi connectivity index (χ3n) is 3.80. The SMILES string of the molecule is C[C@H]1Cc2ccccc2N1C(=O)c1c(C(=O)O)cnn1C. The third kappa shape index (κ3) is 1.99. The van der Waals surface area contributed by atoms with Gasteiger partial charge in [0.1, 0.15) is 11.3 Å². The molecule has 21 heavy (non-hydrogen) atoms. The second-order valence-corrected chi connectivity index (χ2v) is 5.19. The number of carbonyl (C=O) groups is 2. The van der Waals surface area contributed by atoms with Crippen molar-refractivity contribution in [3.05, 3.63) is 47.3 Å². The van der Waals surface area contributed by atoms with E-state index in [1.165, 1.54) is 10.9 Å². The van der Waals surface area contributed by atoms with Gasteiger partial charge in [-0.3, -0.25) is 9.48 Å².